The highest BCUT2D eigenvalue weighted by Crippen LogP contribution is 2.41. The quantitative estimate of drug-likeness (QED) is 0.721. The Bertz CT molecular complexity index is 1040. The number of primary amides is 1. The van der Waals surface area contributed by atoms with Gasteiger partial charge in [-0.15, -0.1) is 9.90 Å². The van der Waals surface area contributed by atoms with Crippen LogP contribution < -0.4 is 5.73 Å². The lowest BCUT2D eigenvalue weighted by Gasteiger charge is -2.08. The van der Waals surface area contributed by atoms with E-state index in [0.717, 1.165) is 28.8 Å². The van der Waals surface area contributed by atoms with Crippen LogP contribution in [0.4, 0.5) is 13.6 Å². The molecule has 0 unspecified atom stereocenters. The molecule has 4 rings (SSSR count). The van der Waals surface area contributed by atoms with Gasteiger partial charge in [0, 0.05) is 5.56 Å². The van der Waals surface area contributed by atoms with Crippen LogP contribution in [0.15, 0.2) is 36.5 Å². The van der Waals surface area contributed by atoms with Gasteiger partial charge in [0.15, 0.2) is 17.3 Å². The maximum absolute atomic E-state index is 14.5. The highest BCUT2D eigenvalue weighted by molar-refractivity contribution is 5.65. The van der Waals surface area contributed by atoms with E-state index in [-0.39, 0.29) is 18.2 Å². The number of carbonyl (C=O) groups is 1. The van der Waals surface area contributed by atoms with Crippen molar-refractivity contribution in [3.05, 3.63) is 64.9 Å². The van der Waals surface area contributed by atoms with Gasteiger partial charge in [-0.2, -0.15) is 5.10 Å². The number of aryl methyl sites for hydroxylation is 1. The Hall–Kier alpha value is -3.29. The lowest BCUT2D eigenvalue weighted by atomic mass is 10.0. The Morgan fingerprint density at radius 3 is 2.61 bits per heavy atom. The number of aromatic nitrogens is 3. The van der Waals surface area contributed by atoms with E-state index in [1.165, 1.54) is 18.3 Å². The van der Waals surface area contributed by atoms with Crippen LogP contribution in [0.3, 0.4) is 0 Å². The first-order valence-electron chi connectivity index (χ1n) is 8.86. The van der Waals surface area contributed by atoms with E-state index in [9.17, 15) is 13.6 Å². The average molecular weight is 384 g/mol. The van der Waals surface area contributed by atoms with Crippen LogP contribution in [0.1, 0.15) is 35.4 Å². The van der Waals surface area contributed by atoms with Gasteiger partial charge in [-0.1, -0.05) is 12.1 Å². The summed E-state index contributed by atoms with van der Waals surface area (Å²) in [6.07, 6.45) is 2.48. The Balaban J connectivity index is 1.65. The van der Waals surface area contributed by atoms with Crippen molar-refractivity contribution in [1.82, 2.24) is 15.0 Å². The van der Waals surface area contributed by atoms with Crippen molar-refractivity contribution in [2.24, 2.45) is 5.73 Å². The minimum absolute atomic E-state index is 0.0228. The highest BCUT2D eigenvalue weighted by Gasteiger charge is 2.26. The molecule has 3 aromatic rings. The minimum Gasteiger partial charge on any atom is -0.445 e. The molecule has 0 radical (unpaired) electrons. The van der Waals surface area contributed by atoms with E-state index in [4.69, 9.17) is 10.5 Å². The van der Waals surface area contributed by atoms with E-state index in [2.05, 4.69) is 10.2 Å². The van der Waals surface area contributed by atoms with Gasteiger partial charge in [0.1, 0.15) is 12.3 Å². The lowest BCUT2D eigenvalue weighted by Crippen LogP contribution is -2.13. The van der Waals surface area contributed by atoms with Crippen LogP contribution >= 0.6 is 0 Å². The van der Waals surface area contributed by atoms with Gasteiger partial charge in [0.2, 0.25) is 0 Å². The second-order valence-electron chi connectivity index (χ2n) is 6.88. The Morgan fingerprint density at radius 2 is 1.96 bits per heavy atom. The molecule has 2 aromatic carbocycles. The van der Waals surface area contributed by atoms with Gasteiger partial charge in [0.25, 0.3) is 0 Å². The Kier molecular flexibility index (Phi) is 4.54. The zero-order chi connectivity index (χ0) is 19.8. The topological polar surface area (TPSA) is 83.0 Å². The maximum Gasteiger partial charge on any atom is 0.404 e. The molecule has 1 heterocycles. The van der Waals surface area contributed by atoms with Crippen molar-refractivity contribution in [3.63, 3.8) is 0 Å². The smallest absolute Gasteiger partial charge is 0.404 e. The van der Waals surface area contributed by atoms with Gasteiger partial charge in [-0.25, -0.2) is 13.6 Å². The largest absolute Gasteiger partial charge is 0.445 e. The summed E-state index contributed by atoms with van der Waals surface area (Å²) in [5.41, 5.74) is 8.14. The summed E-state index contributed by atoms with van der Waals surface area (Å²) < 4.78 is 33.8. The molecule has 1 aromatic heterocycles. The number of carbonyl (C=O) groups excluding carboxylic acids is 1. The summed E-state index contributed by atoms with van der Waals surface area (Å²) in [6, 6.07) is 8.12. The fraction of sp³-hybridized carbons (Fsp3) is 0.250. The molecular formula is C20H18F2N4O2. The molecule has 144 valence electrons. The number of halogens is 2. The summed E-state index contributed by atoms with van der Waals surface area (Å²) in [4.78, 5) is 11.8. The summed E-state index contributed by atoms with van der Waals surface area (Å²) in [5, 5.41) is 8.24. The number of ether oxygens (including phenoxy) is 1. The molecule has 1 amide bonds. The molecule has 8 heteroatoms. The Labute approximate surface area is 159 Å². The van der Waals surface area contributed by atoms with Gasteiger partial charge in [-0.3, -0.25) is 0 Å². The third-order valence-electron chi connectivity index (χ3n) is 4.79. The number of nitrogens with zero attached hydrogens (tertiary/aromatic N) is 3. The molecule has 0 saturated heterocycles. The number of hydrogen-bond acceptors (Lipinski definition) is 4. The molecule has 0 aliphatic heterocycles. The van der Waals surface area contributed by atoms with Gasteiger partial charge < -0.3 is 10.5 Å². The zero-order valence-electron chi connectivity index (χ0n) is 15.2. The first-order chi connectivity index (χ1) is 13.4. The second kappa shape index (κ2) is 7.03. The third-order valence-corrected chi connectivity index (χ3v) is 4.79. The lowest BCUT2D eigenvalue weighted by molar-refractivity contribution is 0.150. The van der Waals surface area contributed by atoms with E-state index >= 15 is 0 Å². The zero-order valence-corrected chi connectivity index (χ0v) is 15.2. The molecule has 28 heavy (non-hydrogen) atoms. The monoisotopic (exact) mass is 384 g/mol. The molecule has 6 nitrogen and oxygen atoms in total. The standard InChI is InChI=1S/C20H18F2N4O2/c1-11-2-3-13(6-15(11)10-28-20(23)27)18-9-24-26(25-18)19-16(21)7-14(8-17(19)22)12-4-5-12/h2-3,6-9,12H,4-5,10H2,1H3,(H2,23,27). The molecule has 0 atom stereocenters. The molecule has 1 saturated carbocycles. The van der Waals surface area contributed by atoms with Crippen LogP contribution in [0.25, 0.3) is 16.9 Å². The maximum atomic E-state index is 14.5. The SMILES string of the molecule is Cc1ccc(-c2cnn(-c3c(F)cc(C4CC4)cc3F)n2)cc1COC(N)=O. The van der Waals surface area contributed by atoms with Crippen LogP contribution in [-0.2, 0) is 11.3 Å². The van der Waals surface area contributed by atoms with E-state index in [0.29, 0.717) is 16.8 Å². The fourth-order valence-electron chi connectivity index (χ4n) is 3.07. The van der Waals surface area contributed by atoms with E-state index < -0.39 is 17.7 Å². The summed E-state index contributed by atoms with van der Waals surface area (Å²) in [6.45, 7) is 1.89. The van der Waals surface area contributed by atoms with Crippen molar-refractivity contribution in [2.45, 2.75) is 32.3 Å². The molecule has 0 spiro atoms. The number of rotatable bonds is 5. The summed E-state index contributed by atoms with van der Waals surface area (Å²) in [5.74, 6) is -1.14. The van der Waals surface area contributed by atoms with Crippen LogP contribution in [-0.4, -0.2) is 21.1 Å². The van der Waals surface area contributed by atoms with E-state index in [1.54, 1.807) is 12.1 Å². The van der Waals surface area contributed by atoms with Crippen molar-refractivity contribution in [2.75, 3.05) is 0 Å². The minimum atomic E-state index is -0.864. The van der Waals surface area contributed by atoms with Crippen molar-refractivity contribution in [1.29, 1.82) is 0 Å². The summed E-state index contributed by atoms with van der Waals surface area (Å²) >= 11 is 0. The predicted octanol–water partition coefficient (Wildman–Crippen LogP) is 3.99. The normalized spacial score (nSPS) is 13.5. The van der Waals surface area contributed by atoms with Crippen molar-refractivity contribution in [3.8, 4) is 16.9 Å². The van der Waals surface area contributed by atoms with Crippen LogP contribution in [0.2, 0.25) is 0 Å². The molecular weight excluding hydrogens is 366 g/mol. The third kappa shape index (κ3) is 3.58. The van der Waals surface area contributed by atoms with Gasteiger partial charge in [-0.05, 0) is 60.6 Å². The van der Waals surface area contributed by atoms with Crippen LogP contribution in [0.5, 0.6) is 0 Å². The van der Waals surface area contributed by atoms with Crippen LogP contribution in [0, 0.1) is 18.6 Å². The molecule has 1 fully saturated rings. The number of hydrogen-bond donors (Lipinski definition) is 1. The number of benzene rings is 2. The van der Waals surface area contributed by atoms with Crippen molar-refractivity contribution >= 4 is 6.09 Å². The number of nitrogens with two attached hydrogens (primary N) is 1. The van der Waals surface area contributed by atoms with Crippen molar-refractivity contribution < 1.29 is 18.3 Å². The van der Waals surface area contributed by atoms with Gasteiger partial charge in [0.05, 0.1) is 6.20 Å². The highest BCUT2D eigenvalue weighted by atomic mass is 19.1. The molecule has 1 aliphatic carbocycles. The molecule has 2 N–H and O–H groups in total. The second-order valence-corrected chi connectivity index (χ2v) is 6.88. The summed E-state index contributed by atoms with van der Waals surface area (Å²) in [7, 11) is 0. The first kappa shape index (κ1) is 18.1. The molecule has 1 aliphatic rings. The fourth-order valence-corrected chi connectivity index (χ4v) is 3.07. The predicted molar refractivity (Wildman–Crippen MR) is 97.8 cm³/mol. The first-order valence-corrected chi connectivity index (χ1v) is 8.86. The average Bonchev–Trinajstić information content (AvgIpc) is 3.39. The Morgan fingerprint density at radius 1 is 1.25 bits per heavy atom. The van der Waals surface area contributed by atoms with Gasteiger partial charge >= 0.3 is 6.09 Å². The number of amides is 1. The van der Waals surface area contributed by atoms with E-state index in [1.807, 2.05) is 13.0 Å². The molecule has 0 bridgehead atoms.